The molecule has 5 heterocycles. The van der Waals surface area contributed by atoms with E-state index in [4.69, 9.17) is 15.5 Å². The molecule has 4 N–H and O–H groups in total. The van der Waals surface area contributed by atoms with Crippen LogP contribution in [-0.4, -0.2) is 99.6 Å². The zero-order chi connectivity index (χ0) is 31.6. The number of ether oxygens (including phenoxy) is 1. The summed E-state index contributed by atoms with van der Waals surface area (Å²) in [6, 6.07) is 11.5. The van der Waals surface area contributed by atoms with E-state index in [9.17, 15) is 10.2 Å². The van der Waals surface area contributed by atoms with Gasteiger partial charge < -0.3 is 25.6 Å². The number of phenolic OH excluding ortho intramolecular Hbond substituents is 1. The van der Waals surface area contributed by atoms with Gasteiger partial charge in [0.2, 0.25) is 0 Å². The van der Waals surface area contributed by atoms with Crippen LogP contribution in [0.4, 0.5) is 14.6 Å². The standard InChI is InChI=1S/C35H40F2N6O3/c36-29-5-1-4-21-14-24(44)15-28(30(21)29)26-8-9-27-32(31(26)37)39-34(46-20-35-10-2-12-42(35)13-3-11-35)40-33(27)41-17-22-6-7-23(18-41)43(22)19-25(45)16-38/h1,4-5,8-9,14-15,22-23,25,44-45H,2-3,6-7,10-13,16-20,38H2/t22?,23?,25-/m0/s1. The maximum absolute atomic E-state index is 16.8. The summed E-state index contributed by atoms with van der Waals surface area (Å²) in [5, 5.41) is 22.1. The second-order valence-electron chi connectivity index (χ2n) is 13.6. The number of hydrogen-bond acceptors (Lipinski definition) is 9. The number of rotatable bonds is 8. The molecule has 4 fully saturated rings. The first-order chi connectivity index (χ1) is 22.3. The number of aromatic hydroxyl groups is 1. The van der Waals surface area contributed by atoms with Crippen LogP contribution >= 0.6 is 0 Å². The van der Waals surface area contributed by atoms with Crippen LogP contribution in [-0.2, 0) is 0 Å². The number of nitrogens with zero attached hydrogens (tertiary/aromatic N) is 5. The summed E-state index contributed by atoms with van der Waals surface area (Å²) >= 11 is 0. The summed E-state index contributed by atoms with van der Waals surface area (Å²) in [5.41, 5.74) is 6.19. The van der Waals surface area contributed by atoms with Crippen molar-refractivity contribution >= 4 is 27.5 Å². The lowest BCUT2D eigenvalue weighted by molar-refractivity contribution is 0.0797. The summed E-state index contributed by atoms with van der Waals surface area (Å²) < 4.78 is 38.4. The van der Waals surface area contributed by atoms with Crippen LogP contribution in [0.1, 0.15) is 38.5 Å². The third-order valence-corrected chi connectivity index (χ3v) is 10.9. The molecule has 2 bridgehead atoms. The van der Waals surface area contributed by atoms with E-state index in [0.717, 1.165) is 51.6 Å². The average Bonchev–Trinajstić information content (AvgIpc) is 3.69. The highest BCUT2D eigenvalue weighted by Crippen LogP contribution is 2.42. The minimum Gasteiger partial charge on any atom is -0.508 e. The van der Waals surface area contributed by atoms with E-state index in [2.05, 4.69) is 19.7 Å². The Morgan fingerprint density at radius 2 is 1.76 bits per heavy atom. The minimum absolute atomic E-state index is 0.0363. The Morgan fingerprint density at radius 1 is 1.00 bits per heavy atom. The molecule has 8 rings (SSSR count). The second kappa shape index (κ2) is 11.6. The zero-order valence-corrected chi connectivity index (χ0v) is 25.8. The van der Waals surface area contributed by atoms with Crippen molar-refractivity contribution in [1.82, 2.24) is 19.8 Å². The molecule has 0 saturated carbocycles. The molecule has 3 aromatic carbocycles. The lowest BCUT2D eigenvalue weighted by Gasteiger charge is -2.42. The van der Waals surface area contributed by atoms with Crippen LogP contribution < -0.4 is 15.4 Å². The Balaban J connectivity index is 1.22. The lowest BCUT2D eigenvalue weighted by atomic mass is 9.95. The first kappa shape index (κ1) is 29.7. The molecule has 4 aromatic rings. The molecule has 9 nitrogen and oxygen atoms in total. The molecule has 4 aliphatic heterocycles. The van der Waals surface area contributed by atoms with Crippen molar-refractivity contribution in [2.24, 2.45) is 5.73 Å². The van der Waals surface area contributed by atoms with Gasteiger partial charge >= 0.3 is 6.01 Å². The Morgan fingerprint density at radius 3 is 2.50 bits per heavy atom. The highest BCUT2D eigenvalue weighted by atomic mass is 19.1. The third-order valence-electron chi connectivity index (χ3n) is 10.9. The molecule has 242 valence electrons. The molecule has 3 atom stereocenters. The van der Waals surface area contributed by atoms with Gasteiger partial charge in [-0.2, -0.15) is 9.97 Å². The van der Waals surface area contributed by atoms with E-state index in [-0.39, 0.29) is 58.0 Å². The van der Waals surface area contributed by atoms with Gasteiger partial charge in [0.15, 0.2) is 5.82 Å². The molecule has 0 radical (unpaired) electrons. The highest BCUT2D eigenvalue weighted by Gasteiger charge is 2.45. The van der Waals surface area contributed by atoms with Crippen molar-refractivity contribution in [2.75, 3.05) is 50.8 Å². The molecule has 0 spiro atoms. The summed E-state index contributed by atoms with van der Waals surface area (Å²) in [6.45, 7) is 4.65. The maximum Gasteiger partial charge on any atom is 0.319 e. The van der Waals surface area contributed by atoms with Crippen LogP contribution in [0.5, 0.6) is 11.8 Å². The van der Waals surface area contributed by atoms with Gasteiger partial charge in [-0.15, -0.1) is 0 Å². The van der Waals surface area contributed by atoms with Gasteiger partial charge in [0.25, 0.3) is 0 Å². The first-order valence-electron chi connectivity index (χ1n) is 16.5. The fourth-order valence-corrected chi connectivity index (χ4v) is 8.66. The van der Waals surface area contributed by atoms with E-state index in [0.29, 0.717) is 42.8 Å². The number of aliphatic hydroxyl groups is 1. The van der Waals surface area contributed by atoms with Crippen LogP contribution in [0.3, 0.4) is 0 Å². The predicted molar refractivity (Wildman–Crippen MR) is 173 cm³/mol. The molecule has 0 aliphatic carbocycles. The van der Waals surface area contributed by atoms with Gasteiger partial charge in [-0.25, -0.2) is 8.78 Å². The third kappa shape index (κ3) is 4.95. The topological polar surface area (TPSA) is 111 Å². The maximum atomic E-state index is 16.8. The van der Waals surface area contributed by atoms with Gasteiger partial charge in [-0.1, -0.05) is 18.2 Å². The Bertz CT molecular complexity index is 1780. The molecular weight excluding hydrogens is 590 g/mol. The van der Waals surface area contributed by atoms with E-state index in [1.54, 1.807) is 24.3 Å². The van der Waals surface area contributed by atoms with Crippen molar-refractivity contribution in [3.05, 3.63) is 54.1 Å². The Hall–Kier alpha value is -3.64. The summed E-state index contributed by atoms with van der Waals surface area (Å²) in [4.78, 5) is 16.7. The van der Waals surface area contributed by atoms with Gasteiger partial charge in [-0.05, 0) is 86.8 Å². The number of hydrogen-bond donors (Lipinski definition) is 3. The van der Waals surface area contributed by atoms with Crippen molar-refractivity contribution < 1.29 is 23.7 Å². The van der Waals surface area contributed by atoms with Gasteiger partial charge in [0, 0.05) is 54.6 Å². The average molecular weight is 631 g/mol. The molecule has 0 amide bonds. The van der Waals surface area contributed by atoms with E-state index in [1.165, 1.54) is 18.2 Å². The predicted octanol–water partition coefficient (Wildman–Crippen LogP) is 4.41. The Kier molecular flexibility index (Phi) is 7.47. The molecule has 11 heteroatoms. The van der Waals surface area contributed by atoms with Crippen molar-refractivity contribution in [3.8, 4) is 22.9 Å². The zero-order valence-electron chi connectivity index (χ0n) is 25.8. The molecular formula is C35H40F2N6O3. The number of phenols is 1. The molecule has 1 aromatic heterocycles. The van der Waals surface area contributed by atoms with Crippen molar-refractivity contribution in [2.45, 2.75) is 62.3 Å². The van der Waals surface area contributed by atoms with Gasteiger partial charge in [-0.3, -0.25) is 9.80 Å². The highest BCUT2D eigenvalue weighted by molar-refractivity contribution is 6.01. The number of nitrogens with two attached hydrogens (primary N) is 1. The summed E-state index contributed by atoms with van der Waals surface area (Å²) in [7, 11) is 0. The monoisotopic (exact) mass is 630 g/mol. The number of anilines is 1. The number of piperazine rings is 1. The SMILES string of the molecule is NC[C@H](O)CN1C2CCC1CN(c1nc(OCC34CCCN3CCC4)nc3c(F)c(-c4cc(O)cc5cccc(F)c45)ccc13)C2. The van der Waals surface area contributed by atoms with Crippen LogP contribution in [0.25, 0.3) is 32.8 Å². The van der Waals surface area contributed by atoms with E-state index >= 15 is 8.78 Å². The van der Waals surface area contributed by atoms with E-state index in [1.807, 2.05) is 0 Å². The number of fused-ring (bicyclic) bond motifs is 5. The summed E-state index contributed by atoms with van der Waals surface area (Å²) in [6.07, 6.45) is 5.79. The molecule has 2 unspecified atom stereocenters. The number of aromatic nitrogens is 2. The number of halogens is 2. The van der Waals surface area contributed by atoms with Crippen LogP contribution in [0.15, 0.2) is 42.5 Å². The minimum atomic E-state index is -0.615. The Labute approximate surface area is 266 Å². The fourth-order valence-electron chi connectivity index (χ4n) is 8.66. The lowest BCUT2D eigenvalue weighted by Crippen LogP contribution is -2.56. The fraction of sp³-hybridized carbons (Fsp3) is 0.486. The first-order valence-corrected chi connectivity index (χ1v) is 16.5. The molecule has 46 heavy (non-hydrogen) atoms. The van der Waals surface area contributed by atoms with Gasteiger partial charge in [0.1, 0.15) is 29.5 Å². The second-order valence-corrected chi connectivity index (χ2v) is 13.6. The van der Waals surface area contributed by atoms with Crippen LogP contribution in [0, 0.1) is 11.6 Å². The van der Waals surface area contributed by atoms with E-state index < -0.39 is 17.7 Å². The molecule has 4 saturated heterocycles. The quantitative estimate of drug-likeness (QED) is 0.261. The normalized spacial score (nSPS) is 23.4. The smallest absolute Gasteiger partial charge is 0.319 e. The summed E-state index contributed by atoms with van der Waals surface area (Å²) in [5.74, 6) is -0.578. The van der Waals surface area contributed by atoms with Crippen molar-refractivity contribution in [3.63, 3.8) is 0 Å². The largest absolute Gasteiger partial charge is 0.508 e. The van der Waals surface area contributed by atoms with Crippen molar-refractivity contribution in [1.29, 1.82) is 0 Å². The van der Waals surface area contributed by atoms with Gasteiger partial charge in [0.05, 0.1) is 11.6 Å². The number of benzene rings is 3. The number of aliphatic hydroxyl groups excluding tert-OH is 1. The molecule has 4 aliphatic rings. The van der Waals surface area contributed by atoms with Crippen LogP contribution in [0.2, 0.25) is 0 Å².